The first-order valence-corrected chi connectivity index (χ1v) is 6.61. The Morgan fingerprint density at radius 1 is 0.864 bits per heavy atom. The van der Waals surface area contributed by atoms with Gasteiger partial charge in [-0.05, 0) is 12.5 Å². The van der Waals surface area contributed by atoms with Crippen LogP contribution in [0.15, 0.2) is 29.3 Å². The molecular weight excluding hydrogens is 298 g/mol. The van der Waals surface area contributed by atoms with Crippen LogP contribution in [0.3, 0.4) is 0 Å². The summed E-state index contributed by atoms with van der Waals surface area (Å²) in [5.74, 6) is -6.91. The summed E-state index contributed by atoms with van der Waals surface area (Å²) < 4.78 is 60.7. The molecule has 0 unspecified atom stereocenters. The second-order valence-electron chi connectivity index (χ2n) is 4.91. The van der Waals surface area contributed by atoms with Crippen molar-refractivity contribution < 1.29 is 22.3 Å². The smallest absolute Gasteiger partial charge is 0.220 e. The van der Waals surface area contributed by atoms with Crippen LogP contribution in [0.2, 0.25) is 0 Å². The summed E-state index contributed by atoms with van der Waals surface area (Å²) in [7, 11) is 0. The molecule has 0 saturated carbocycles. The summed E-state index contributed by atoms with van der Waals surface area (Å²) in [6, 6.07) is 6.33. The van der Waals surface area contributed by atoms with Crippen LogP contribution in [-0.2, 0) is 4.74 Å². The van der Waals surface area contributed by atoms with Crippen LogP contribution < -0.4 is 0 Å². The Labute approximate surface area is 124 Å². The number of benzene rings is 2. The van der Waals surface area contributed by atoms with Gasteiger partial charge in [0.1, 0.15) is 6.61 Å². The van der Waals surface area contributed by atoms with Gasteiger partial charge in [-0.3, -0.25) is 0 Å². The Morgan fingerprint density at radius 3 is 2.00 bits per heavy atom. The van der Waals surface area contributed by atoms with E-state index in [0.717, 1.165) is 5.56 Å². The zero-order chi connectivity index (χ0) is 15.9. The maximum atomic E-state index is 14.3. The highest BCUT2D eigenvalue weighted by Crippen LogP contribution is 2.34. The molecule has 1 aliphatic heterocycles. The summed E-state index contributed by atoms with van der Waals surface area (Å²) in [6.07, 6.45) is 0. The number of hydrogen-bond acceptors (Lipinski definition) is 2. The second kappa shape index (κ2) is 5.44. The molecule has 2 nitrogen and oxygen atoms in total. The highest BCUT2D eigenvalue weighted by Gasteiger charge is 2.30. The molecule has 3 rings (SSSR count). The van der Waals surface area contributed by atoms with Crippen LogP contribution in [0.1, 0.15) is 11.1 Å². The number of halogens is 4. The first-order valence-electron chi connectivity index (χ1n) is 6.61. The van der Waals surface area contributed by atoms with E-state index in [1.165, 1.54) is 12.1 Å². The average Bonchev–Trinajstić information content (AvgIpc) is 3.03. The third-order valence-electron chi connectivity index (χ3n) is 3.41. The van der Waals surface area contributed by atoms with E-state index >= 15 is 0 Å². The minimum atomic E-state index is -1.87. The number of rotatable bonds is 2. The van der Waals surface area contributed by atoms with Crippen LogP contribution in [-0.4, -0.2) is 19.0 Å². The van der Waals surface area contributed by atoms with Crippen molar-refractivity contribution in [2.75, 3.05) is 13.2 Å². The first-order chi connectivity index (χ1) is 10.5. The molecule has 0 aromatic heterocycles. The summed E-state index contributed by atoms with van der Waals surface area (Å²) in [5.41, 5.74) is 0.229. The second-order valence-corrected chi connectivity index (χ2v) is 4.91. The maximum absolute atomic E-state index is 14.3. The van der Waals surface area contributed by atoms with Crippen LogP contribution >= 0.6 is 0 Å². The molecule has 114 valence electrons. The van der Waals surface area contributed by atoms with Crippen LogP contribution in [0.5, 0.6) is 0 Å². The van der Waals surface area contributed by atoms with Gasteiger partial charge in [0.05, 0.1) is 12.1 Å². The molecule has 22 heavy (non-hydrogen) atoms. The summed E-state index contributed by atoms with van der Waals surface area (Å²) in [5, 5.41) is 0. The lowest BCUT2D eigenvalue weighted by Gasteiger charge is -2.14. The largest absolute Gasteiger partial charge is 0.475 e. The summed E-state index contributed by atoms with van der Waals surface area (Å²) in [6.45, 7) is 2.25. The maximum Gasteiger partial charge on any atom is 0.220 e. The van der Waals surface area contributed by atoms with Gasteiger partial charge in [-0.25, -0.2) is 22.6 Å². The first kappa shape index (κ1) is 14.6. The molecule has 0 aliphatic carbocycles. The van der Waals surface area contributed by atoms with Crippen LogP contribution in [0.25, 0.3) is 11.1 Å². The Morgan fingerprint density at radius 2 is 1.45 bits per heavy atom. The minimum Gasteiger partial charge on any atom is -0.475 e. The van der Waals surface area contributed by atoms with Gasteiger partial charge in [-0.2, -0.15) is 0 Å². The SMILES string of the molecule is Cc1ccc(-c2c(F)c(F)c(F)c(F)c2C2=NCCO2)cc1. The zero-order valence-corrected chi connectivity index (χ0v) is 11.6. The van der Waals surface area contributed by atoms with E-state index in [1.807, 2.05) is 6.92 Å². The van der Waals surface area contributed by atoms with E-state index in [2.05, 4.69) is 4.99 Å². The molecule has 0 N–H and O–H groups in total. The monoisotopic (exact) mass is 309 g/mol. The van der Waals surface area contributed by atoms with Crippen molar-refractivity contribution in [1.29, 1.82) is 0 Å². The molecule has 6 heteroatoms. The van der Waals surface area contributed by atoms with Crippen molar-refractivity contribution in [2.45, 2.75) is 6.92 Å². The Balaban J connectivity index is 2.33. The van der Waals surface area contributed by atoms with Crippen LogP contribution in [0, 0.1) is 30.2 Å². The number of hydrogen-bond donors (Lipinski definition) is 0. The van der Waals surface area contributed by atoms with E-state index < -0.39 is 34.4 Å². The van der Waals surface area contributed by atoms with E-state index in [9.17, 15) is 17.6 Å². The van der Waals surface area contributed by atoms with Gasteiger partial charge in [-0.1, -0.05) is 29.8 Å². The summed E-state index contributed by atoms with van der Waals surface area (Å²) in [4.78, 5) is 3.88. The van der Waals surface area contributed by atoms with Gasteiger partial charge < -0.3 is 4.74 Å². The van der Waals surface area contributed by atoms with Gasteiger partial charge in [0, 0.05) is 5.56 Å². The molecule has 0 bridgehead atoms. The lowest BCUT2D eigenvalue weighted by atomic mass is 9.96. The average molecular weight is 309 g/mol. The minimum absolute atomic E-state index is 0.183. The topological polar surface area (TPSA) is 21.6 Å². The van der Waals surface area contributed by atoms with Crippen molar-refractivity contribution in [3.63, 3.8) is 0 Å². The molecular formula is C16H11F4NO. The third-order valence-corrected chi connectivity index (χ3v) is 3.41. The van der Waals surface area contributed by atoms with Gasteiger partial charge in [0.2, 0.25) is 5.90 Å². The Kier molecular flexibility index (Phi) is 3.60. The fraction of sp³-hybridized carbons (Fsp3) is 0.188. The molecule has 0 saturated heterocycles. The lowest BCUT2D eigenvalue weighted by molar-refractivity contribution is 0.344. The van der Waals surface area contributed by atoms with Crippen molar-refractivity contribution in [1.82, 2.24) is 0 Å². The predicted molar refractivity (Wildman–Crippen MR) is 73.8 cm³/mol. The Bertz CT molecular complexity index is 769. The fourth-order valence-electron chi connectivity index (χ4n) is 2.31. The van der Waals surface area contributed by atoms with Gasteiger partial charge >= 0.3 is 0 Å². The zero-order valence-electron chi connectivity index (χ0n) is 11.6. The fourth-order valence-corrected chi connectivity index (χ4v) is 2.31. The lowest BCUT2D eigenvalue weighted by Crippen LogP contribution is -2.12. The van der Waals surface area contributed by atoms with Crippen molar-refractivity contribution >= 4 is 5.90 Å². The van der Waals surface area contributed by atoms with E-state index in [0.29, 0.717) is 0 Å². The number of ether oxygens (including phenoxy) is 1. The number of aliphatic imine (C=N–C) groups is 1. The van der Waals surface area contributed by atoms with Gasteiger partial charge in [0.25, 0.3) is 0 Å². The molecule has 2 aromatic carbocycles. The highest BCUT2D eigenvalue weighted by atomic mass is 19.2. The quantitative estimate of drug-likeness (QED) is 0.467. The molecule has 0 fully saturated rings. The molecule has 0 atom stereocenters. The molecule has 1 aliphatic rings. The molecule has 0 radical (unpaired) electrons. The van der Waals surface area contributed by atoms with E-state index in [4.69, 9.17) is 4.74 Å². The van der Waals surface area contributed by atoms with E-state index in [-0.39, 0.29) is 24.6 Å². The van der Waals surface area contributed by atoms with Gasteiger partial charge in [-0.15, -0.1) is 0 Å². The third kappa shape index (κ3) is 2.24. The molecule has 0 amide bonds. The predicted octanol–water partition coefficient (Wildman–Crippen LogP) is 4.00. The Hall–Kier alpha value is -2.37. The molecule has 2 aromatic rings. The van der Waals surface area contributed by atoms with Crippen molar-refractivity contribution in [3.05, 3.63) is 58.7 Å². The normalized spacial score (nSPS) is 14.0. The highest BCUT2D eigenvalue weighted by molar-refractivity contribution is 6.02. The van der Waals surface area contributed by atoms with E-state index in [1.54, 1.807) is 12.1 Å². The molecule has 1 heterocycles. The van der Waals surface area contributed by atoms with Crippen LogP contribution in [0.4, 0.5) is 17.6 Å². The van der Waals surface area contributed by atoms with Crippen molar-refractivity contribution in [3.8, 4) is 11.1 Å². The van der Waals surface area contributed by atoms with Gasteiger partial charge in [0.15, 0.2) is 23.3 Å². The standard InChI is InChI=1S/C16H11F4NO/c1-8-2-4-9(5-3-8)10-11(16-21-6-7-22-16)13(18)15(20)14(19)12(10)17/h2-5H,6-7H2,1H3. The van der Waals surface area contributed by atoms with Crippen molar-refractivity contribution in [2.24, 2.45) is 4.99 Å². The molecule has 0 spiro atoms. The number of nitrogens with zero attached hydrogens (tertiary/aromatic N) is 1. The number of aryl methyl sites for hydroxylation is 1. The summed E-state index contributed by atoms with van der Waals surface area (Å²) >= 11 is 0.